The molecule has 1 rings (SSSR count). The molecular weight excluding hydrogens is 243 g/mol. The van der Waals surface area contributed by atoms with E-state index in [0.717, 1.165) is 12.0 Å². The first-order chi connectivity index (χ1) is 8.78. The third kappa shape index (κ3) is 6.53. The van der Waals surface area contributed by atoms with Crippen molar-refractivity contribution in [2.24, 2.45) is 5.92 Å². The molecule has 0 aromatic carbocycles. The number of hydrogen-bond donors (Lipinski definition) is 1. The van der Waals surface area contributed by atoms with Crippen molar-refractivity contribution in [3.63, 3.8) is 0 Å². The van der Waals surface area contributed by atoms with E-state index in [4.69, 9.17) is 4.74 Å². The average molecular weight is 268 g/mol. The van der Waals surface area contributed by atoms with E-state index in [-0.39, 0.29) is 11.4 Å². The van der Waals surface area contributed by atoms with Gasteiger partial charge in [-0.1, -0.05) is 13.8 Å². The van der Waals surface area contributed by atoms with Gasteiger partial charge in [0.1, 0.15) is 5.82 Å². The van der Waals surface area contributed by atoms with Crippen molar-refractivity contribution in [2.75, 3.05) is 6.61 Å². The van der Waals surface area contributed by atoms with Gasteiger partial charge in [-0.3, -0.25) is 0 Å². The smallest absolute Gasteiger partial charge is 0.218 e. The Bertz CT molecular complexity index is 400. The zero-order valence-corrected chi connectivity index (χ0v) is 12.6. The van der Waals surface area contributed by atoms with Crippen molar-refractivity contribution in [1.29, 1.82) is 0 Å². The third-order valence-corrected chi connectivity index (χ3v) is 2.64. The van der Waals surface area contributed by atoms with E-state index >= 15 is 0 Å². The van der Waals surface area contributed by atoms with E-state index < -0.39 is 0 Å². The van der Waals surface area contributed by atoms with Crippen molar-refractivity contribution >= 4 is 0 Å². The molecule has 1 heterocycles. The second-order valence-electron chi connectivity index (χ2n) is 6.25. The maximum Gasteiger partial charge on any atom is 0.218 e. The lowest BCUT2D eigenvalue weighted by molar-refractivity contribution is 0.273. The first-order valence-electron chi connectivity index (χ1n) is 6.80. The molecule has 0 fully saturated rings. The predicted molar refractivity (Wildman–Crippen MR) is 75.7 cm³/mol. The molecule has 0 atom stereocenters. The van der Waals surface area contributed by atoms with Gasteiger partial charge in [-0.05, 0) is 39.2 Å². The highest BCUT2D eigenvalue weighted by atomic mass is 19.1. The molecule has 0 aliphatic carbocycles. The van der Waals surface area contributed by atoms with Crippen molar-refractivity contribution in [2.45, 2.75) is 53.1 Å². The summed E-state index contributed by atoms with van der Waals surface area (Å²) >= 11 is 0. The summed E-state index contributed by atoms with van der Waals surface area (Å²) in [7, 11) is 0. The van der Waals surface area contributed by atoms with Crippen LogP contribution in [0.1, 0.15) is 46.6 Å². The second-order valence-corrected chi connectivity index (χ2v) is 6.25. The van der Waals surface area contributed by atoms with Crippen LogP contribution in [0.25, 0.3) is 0 Å². The number of ether oxygens (including phenoxy) is 1. The predicted octanol–water partition coefficient (Wildman–Crippen LogP) is 3.53. The summed E-state index contributed by atoms with van der Waals surface area (Å²) in [6, 6.07) is 1.48. The first kappa shape index (κ1) is 15.9. The zero-order valence-electron chi connectivity index (χ0n) is 12.6. The number of halogens is 1. The van der Waals surface area contributed by atoms with Crippen LogP contribution in [0.2, 0.25) is 0 Å². The van der Waals surface area contributed by atoms with E-state index in [0.29, 0.717) is 24.9 Å². The molecule has 0 unspecified atom stereocenters. The topological polar surface area (TPSA) is 34.1 Å². The van der Waals surface area contributed by atoms with Crippen molar-refractivity contribution in [3.05, 3.63) is 23.6 Å². The Morgan fingerprint density at radius 3 is 2.63 bits per heavy atom. The van der Waals surface area contributed by atoms with Crippen LogP contribution in [0, 0.1) is 11.7 Å². The molecule has 1 aromatic heterocycles. The number of aromatic nitrogens is 1. The molecule has 0 saturated carbocycles. The standard InChI is InChI=1S/C15H25FN2O/c1-11(2)6-7-19-14-12(8-13(16)10-17-14)9-18-15(3,4)5/h8,10-11,18H,6-7,9H2,1-5H3. The molecule has 1 aromatic rings. The lowest BCUT2D eigenvalue weighted by Crippen LogP contribution is -2.35. The zero-order chi connectivity index (χ0) is 14.5. The van der Waals surface area contributed by atoms with E-state index in [1.165, 1.54) is 12.3 Å². The van der Waals surface area contributed by atoms with Gasteiger partial charge in [0.15, 0.2) is 0 Å². The highest BCUT2D eigenvalue weighted by Gasteiger charge is 2.13. The molecule has 19 heavy (non-hydrogen) atoms. The van der Waals surface area contributed by atoms with Gasteiger partial charge in [-0.25, -0.2) is 9.37 Å². The highest BCUT2D eigenvalue weighted by Crippen LogP contribution is 2.18. The van der Waals surface area contributed by atoms with E-state index in [2.05, 4.69) is 44.9 Å². The van der Waals surface area contributed by atoms with Gasteiger partial charge in [-0.15, -0.1) is 0 Å². The van der Waals surface area contributed by atoms with Crippen LogP contribution >= 0.6 is 0 Å². The van der Waals surface area contributed by atoms with Gasteiger partial charge in [0, 0.05) is 17.6 Å². The summed E-state index contributed by atoms with van der Waals surface area (Å²) in [5, 5.41) is 3.32. The molecule has 0 bridgehead atoms. The average Bonchev–Trinajstić information content (AvgIpc) is 2.27. The molecule has 3 nitrogen and oxygen atoms in total. The van der Waals surface area contributed by atoms with E-state index in [9.17, 15) is 4.39 Å². The number of hydrogen-bond acceptors (Lipinski definition) is 3. The van der Waals surface area contributed by atoms with Gasteiger partial charge in [0.2, 0.25) is 5.88 Å². The maximum atomic E-state index is 13.3. The van der Waals surface area contributed by atoms with Gasteiger partial charge < -0.3 is 10.1 Å². The Morgan fingerprint density at radius 2 is 2.05 bits per heavy atom. The third-order valence-electron chi connectivity index (χ3n) is 2.64. The summed E-state index contributed by atoms with van der Waals surface area (Å²) in [5.74, 6) is 0.775. The number of rotatable bonds is 6. The summed E-state index contributed by atoms with van der Waals surface area (Å²) in [5.41, 5.74) is 0.736. The molecule has 0 radical (unpaired) electrons. The summed E-state index contributed by atoms with van der Waals surface area (Å²) < 4.78 is 18.9. The minimum absolute atomic E-state index is 0.0263. The van der Waals surface area contributed by atoms with Crippen LogP contribution in [0.4, 0.5) is 4.39 Å². The molecule has 0 spiro atoms. The fourth-order valence-corrected chi connectivity index (χ4v) is 1.48. The summed E-state index contributed by atoms with van der Waals surface area (Å²) in [4.78, 5) is 4.04. The number of nitrogens with zero attached hydrogens (tertiary/aromatic N) is 1. The summed E-state index contributed by atoms with van der Waals surface area (Å²) in [6.07, 6.45) is 2.16. The Balaban J connectivity index is 2.68. The highest BCUT2D eigenvalue weighted by molar-refractivity contribution is 5.26. The Hall–Kier alpha value is -1.16. The first-order valence-corrected chi connectivity index (χ1v) is 6.80. The van der Waals surface area contributed by atoms with Gasteiger partial charge in [0.25, 0.3) is 0 Å². The SMILES string of the molecule is CC(C)CCOc1ncc(F)cc1CNC(C)(C)C. The number of nitrogens with one attached hydrogen (secondary N) is 1. The molecule has 0 aliphatic heterocycles. The minimum atomic E-state index is -0.332. The Kier molecular flexibility index (Phi) is 5.73. The van der Waals surface area contributed by atoms with Gasteiger partial charge >= 0.3 is 0 Å². The van der Waals surface area contributed by atoms with Crippen molar-refractivity contribution < 1.29 is 9.13 Å². The largest absolute Gasteiger partial charge is 0.477 e. The molecule has 0 amide bonds. The molecule has 0 saturated heterocycles. The molecule has 0 aliphatic rings. The van der Waals surface area contributed by atoms with Crippen LogP contribution in [0.15, 0.2) is 12.3 Å². The van der Waals surface area contributed by atoms with Crippen LogP contribution in [0.3, 0.4) is 0 Å². The minimum Gasteiger partial charge on any atom is -0.477 e. The van der Waals surface area contributed by atoms with E-state index in [1.54, 1.807) is 0 Å². The van der Waals surface area contributed by atoms with E-state index in [1.807, 2.05) is 0 Å². The molecule has 1 N–H and O–H groups in total. The Morgan fingerprint density at radius 1 is 1.37 bits per heavy atom. The fourth-order valence-electron chi connectivity index (χ4n) is 1.48. The second kappa shape index (κ2) is 6.85. The van der Waals surface area contributed by atoms with Gasteiger partial charge in [-0.2, -0.15) is 0 Å². The van der Waals surface area contributed by atoms with Crippen LogP contribution in [-0.2, 0) is 6.54 Å². The quantitative estimate of drug-likeness (QED) is 0.857. The monoisotopic (exact) mass is 268 g/mol. The van der Waals surface area contributed by atoms with Crippen molar-refractivity contribution in [3.8, 4) is 5.88 Å². The normalized spacial score (nSPS) is 11.9. The lowest BCUT2D eigenvalue weighted by atomic mass is 10.1. The van der Waals surface area contributed by atoms with Crippen LogP contribution in [-0.4, -0.2) is 17.1 Å². The van der Waals surface area contributed by atoms with Gasteiger partial charge in [0.05, 0.1) is 12.8 Å². The van der Waals surface area contributed by atoms with Crippen LogP contribution < -0.4 is 10.1 Å². The molecule has 4 heteroatoms. The summed E-state index contributed by atoms with van der Waals surface area (Å²) in [6.45, 7) is 11.6. The maximum absolute atomic E-state index is 13.3. The Labute approximate surface area is 115 Å². The fraction of sp³-hybridized carbons (Fsp3) is 0.667. The van der Waals surface area contributed by atoms with Crippen molar-refractivity contribution in [1.82, 2.24) is 10.3 Å². The van der Waals surface area contributed by atoms with Crippen LogP contribution in [0.5, 0.6) is 5.88 Å². The molecular formula is C15H25FN2O. The lowest BCUT2D eigenvalue weighted by Gasteiger charge is -2.21. The number of pyridine rings is 1. The molecule has 108 valence electrons.